The van der Waals surface area contributed by atoms with Crippen molar-refractivity contribution < 1.29 is 32.3 Å². The van der Waals surface area contributed by atoms with E-state index in [-0.39, 0.29) is 42.6 Å². The van der Waals surface area contributed by atoms with Gasteiger partial charge in [-0.3, -0.25) is 0 Å². The Morgan fingerprint density at radius 2 is 1.75 bits per heavy atom. The van der Waals surface area contributed by atoms with E-state index in [1.165, 1.54) is 12.1 Å². The number of likely N-dealkylation sites (tertiary alicyclic amines) is 2. The molecule has 2 amide bonds. The molecule has 0 radical (unpaired) electrons. The van der Waals surface area contributed by atoms with E-state index < -0.39 is 12.5 Å². The van der Waals surface area contributed by atoms with Gasteiger partial charge in [0, 0.05) is 24.9 Å². The van der Waals surface area contributed by atoms with Crippen LogP contribution in [0.1, 0.15) is 55.3 Å². The van der Waals surface area contributed by atoms with Gasteiger partial charge in [-0.15, -0.1) is 13.2 Å². The van der Waals surface area contributed by atoms with Gasteiger partial charge in [0.05, 0.1) is 25.1 Å². The maximum atomic E-state index is 12.9. The number of β-amino-alcohol motifs (C(OH)–C–C–N with tert-alkyl or cyclic N) is 1. The van der Waals surface area contributed by atoms with Crippen LogP contribution < -0.4 is 4.74 Å². The lowest BCUT2D eigenvalue weighted by atomic mass is 9.84. The molecule has 0 spiro atoms. The number of alkyl halides is 3. The number of ether oxygens (including phenoxy) is 1. The topological polar surface area (TPSA) is 91.9 Å². The van der Waals surface area contributed by atoms with Crippen molar-refractivity contribution >= 4 is 6.03 Å². The molecule has 0 saturated carbocycles. The Kier molecular flexibility index (Phi) is 6.02. The van der Waals surface area contributed by atoms with E-state index in [1.807, 2.05) is 13.8 Å². The Labute approximate surface area is 182 Å². The zero-order valence-corrected chi connectivity index (χ0v) is 17.7. The average molecular weight is 454 g/mol. The molecule has 2 aliphatic heterocycles. The number of amides is 2. The van der Waals surface area contributed by atoms with Gasteiger partial charge in [-0.05, 0) is 24.1 Å². The van der Waals surface area contributed by atoms with E-state index in [0.717, 1.165) is 5.56 Å². The Bertz CT molecular complexity index is 941. The average Bonchev–Trinajstić information content (AvgIpc) is 3.21. The summed E-state index contributed by atoms with van der Waals surface area (Å²) in [5, 5.41) is 13.6. The first kappa shape index (κ1) is 22.4. The molecular weight excluding hydrogens is 429 g/mol. The minimum atomic E-state index is -4.76. The third kappa shape index (κ3) is 4.98. The van der Waals surface area contributed by atoms with Gasteiger partial charge in [0.15, 0.2) is 5.82 Å². The number of hydrogen-bond donors (Lipinski definition) is 1. The predicted molar refractivity (Wildman–Crippen MR) is 106 cm³/mol. The second-order valence-corrected chi connectivity index (χ2v) is 8.64. The number of halogens is 3. The molecule has 8 nitrogen and oxygen atoms in total. The van der Waals surface area contributed by atoms with E-state index in [0.29, 0.717) is 31.2 Å². The van der Waals surface area contributed by atoms with Crippen molar-refractivity contribution in [2.45, 2.75) is 50.5 Å². The minimum absolute atomic E-state index is 0.0911. The zero-order valence-electron chi connectivity index (χ0n) is 17.7. The van der Waals surface area contributed by atoms with Crippen molar-refractivity contribution in [2.24, 2.45) is 0 Å². The van der Waals surface area contributed by atoms with Crippen molar-refractivity contribution in [1.82, 2.24) is 19.9 Å². The van der Waals surface area contributed by atoms with Gasteiger partial charge in [-0.25, -0.2) is 4.79 Å². The molecule has 1 N–H and O–H groups in total. The highest BCUT2D eigenvalue weighted by atomic mass is 19.4. The maximum absolute atomic E-state index is 12.9. The fourth-order valence-corrected chi connectivity index (χ4v) is 4.08. The highest BCUT2D eigenvalue weighted by Gasteiger charge is 2.39. The van der Waals surface area contributed by atoms with Crippen LogP contribution in [0.15, 0.2) is 28.8 Å². The number of piperidine rings is 1. The molecular formula is C21H25F3N4O4. The molecule has 11 heteroatoms. The number of aliphatic hydroxyl groups excluding tert-OH is 1. The molecule has 4 rings (SSSR count). The van der Waals surface area contributed by atoms with Gasteiger partial charge in [-0.2, -0.15) is 4.98 Å². The van der Waals surface area contributed by atoms with Crippen molar-refractivity contribution in [2.75, 3.05) is 26.2 Å². The lowest BCUT2D eigenvalue weighted by molar-refractivity contribution is -0.274. The highest BCUT2D eigenvalue weighted by Crippen LogP contribution is 2.37. The van der Waals surface area contributed by atoms with Crippen molar-refractivity contribution in [3.63, 3.8) is 0 Å². The number of nitrogens with zero attached hydrogens (tertiary/aromatic N) is 4. The molecule has 3 heterocycles. The van der Waals surface area contributed by atoms with E-state index >= 15 is 0 Å². The normalized spacial score (nSPS) is 22.2. The van der Waals surface area contributed by atoms with Crippen molar-refractivity contribution in [3.8, 4) is 5.75 Å². The first-order chi connectivity index (χ1) is 15.1. The molecule has 2 atom stereocenters. The molecule has 0 bridgehead atoms. The zero-order chi connectivity index (χ0) is 23.0. The van der Waals surface area contributed by atoms with Gasteiger partial charge in [0.2, 0.25) is 5.89 Å². The van der Waals surface area contributed by atoms with E-state index in [2.05, 4.69) is 14.9 Å². The third-order valence-electron chi connectivity index (χ3n) is 5.76. The standard InChI is InChI=1S/C21H25F3N4O4/c1-12(2)18-25-19(32-26-18)15-7-14(8-27(9-15)20(30)28-10-16(29)11-28)13-3-5-17(6-4-13)31-21(22,23)24/h3-6,12,14-16,29H,7-11H2,1-2H3. The van der Waals surface area contributed by atoms with E-state index in [1.54, 1.807) is 21.9 Å². The summed E-state index contributed by atoms with van der Waals surface area (Å²) in [5.74, 6) is 0.465. The number of carbonyl (C=O) groups is 1. The van der Waals surface area contributed by atoms with Crippen LogP contribution in [0.25, 0.3) is 0 Å². The van der Waals surface area contributed by atoms with E-state index in [9.17, 15) is 23.1 Å². The summed E-state index contributed by atoms with van der Waals surface area (Å²) in [4.78, 5) is 20.7. The van der Waals surface area contributed by atoms with Gasteiger partial charge in [0.25, 0.3) is 0 Å². The Morgan fingerprint density at radius 3 is 2.31 bits per heavy atom. The van der Waals surface area contributed by atoms with Crippen molar-refractivity contribution in [1.29, 1.82) is 0 Å². The number of urea groups is 1. The fourth-order valence-electron chi connectivity index (χ4n) is 4.08. The molecule has 2 aliphatic rings. The van der Waals surface area contributed by atoms with Crippen LogP contribution in [0.3, 0.4) is 0 Å². The first-order valence-electron chi connectivity index (χ1n) is 10.5. The van der Waals surface area contributed by atoms with Crippen LogP contribution in [0.5, 0.6) is 5.75 Å². The smallest absolute Gasteiger partial charge is 0.406 e. The van der Waals surface area contributed by atoms with Crippen LogP contribution in [0.4, 0.5) is 18.0 Å². The number of rotatable bonds is 4. The SMILES string of the molecule is CC(C)c1noc(C2CC(c3ccc(OC(F)(F)F)cc3)CN(C(=O)N3CC(O)C3)C2)n1. The van der Waals surface area contributed by atoms with Crippen molar-refractivity contribution in [3.05, 3.63) is 41.5 Å². The molecule has 1 aromatic heterocycles. The number of carbonyl (C=O) groups excluding carboxylic acids is 1. The summed E-state index contributed by atoms with van der Waals surface area (Å²) in [6.07, 6.45) is -4.67. The van der Waals surface area contributed by atoms with E-state index in [4.69, 9.17) is 4.52 Å². The summed E-state index contributed by atoms with van der Waals surface area (Å²) < 4.78 is 46.8. The second-order valence-electron chi connectivity index (χ2n) is 8.64. The lowest BCUT2D eigenvalue weighted by Gasteiger charge is -2.43. The van der Waals surface area contributed by atoms with Crippen LogP contribution in [0.2, 0.25) is 0 Å². The summed E-state index contributed by atoms with van der Waals surface area (Å²) in [7, 11) is 0. The summed E-state index contributed by atoms with van der Waals surface area (Å²) in [6, 6.07) is 5.52. The molecule has 2 unspecified atom stereocenters. The van der Waals surface area contributed by atoms with Crippen LogP contribution in [0, 0.1) is 0 Å². The molecule has 2 aromatic rings. The molecule has 32 heavy (non-hydrogen) atoms. The molecule has 1 aromatic carbocycles. The molecule has 2 fully saturated rings. The van der Waals surface area contributed by atoms with Gasteiger partial charge in [0.1, 0.15) is 5.75 Å². The molecule has 174 valence electrons. The fraction of sp³-hybridized carbons (Fsp3) is 0.571. The number of hydrogen-bond acceptors (Lipinski definition) is 6. The Hall–Kier alpha value is -2.82. The predicted octanol–water partition coefficient (Wildman–Crippen LogP) is 3.46. The van der Waals surface area contributed by atoms with Crippen LogP contribution in [-0.4, -0.2) is 69.7 Å². The first-order valence-corrected chi connectivity index (χ1v) is 10.5. The quantitative estimate of drug-likeness (QED) is 0.761. The second kappa shape index (κ2) is 8.61. The summed E-state index contributed by atoms with van der Waals surface area (Å²) >= 11 is 0. The number of benzene rings is 1. The van der Waals surface area contributed by atoms with Crippen LogP contribution in [-0.2, 0) is 0 Å². The maximum Gasteiger partial charge on any atom is 0.573 e. The lowest BCUT2D eigenvalue weighted by Crippen LogP contribution is -2.59. The molecule has 2 saturated heterocycles. The van der Waals surface area contributed by atoms with Crippen LogP contribution >= 0.6 is 0 Å². The molecule has 0 aliphatic carbocycles. The van der Waals surface area contributed by atoms with Gasteiger partial charge < -0.3 is 24.2 Å². The monoisotopic (exact) mass is 454 g/mol. The summed E-state index contributed by atoms with van der Waals surface area (Å²) in [6.45, 7) is 5.25. The minimum Gasteiger partial charge on any atom is -0.406 e. The third-order valence-corrected chi connectivity index (χ3v) is 5.76. The number of aliphatic hydroxyl groups is 1. The largest absolute Gasteiger partial charge is 0.573 e. The Morgan fingerprint density at radius 1 is 1.12 bits per heavy atom. The van der Waals surface area contributed by atoms with Gasteiger partial charge >= 0.3 is 12.4 Å². The van der Waals surface area contributed by atoms with Gasteiger partial charge in [-0.1, -0.05) is 31.1 Å². The summed E-state index contributed by atoms with van der Waals surface area (Å²) in [5.41, 5.74) is 0.786. The highest BCUT2D eigenvalue weighted by molar-refractivity contribution is 5.75. The number of aromatic nitrogens is 2. The Balaban J connectivity index is 1.55.